The zero-order valence-electron chi connectivity index (χ0n) is 9.36. The quantitative estimate of drug-likeness (QED) is 0.809. The topological polar surface area (TPSA) is 56.4 Å². The Morgan fingerprint density at radius 2 is 2.06 bits per heavy atom. The fourth-order valence-corrected chi connectivity index (χ4v) is 1.91. The fraction of sp³-hybridized carbons (Fsp3) is 0.385. The number of nitriles is 1. The molecule has 1 N–H and O–H groups in total. The van der Waals surface area contributed by atoms with Crippen LogP contribution in [0.2, 0.25) is 0 Å². The number of rotatable bonds is 1. The second-order valence-corrected chi connectivity index (χ2v) is 4.18. The minimum Gasteiger partial charge on any atom is -0.393 e. The van der Waals surface area contributed by atoms with Crippen LogP contribution in [-0.4, -0.2) is 16.9 Å². The summed E-state index contributed by atoms with van der Waals surface area (Å²) in [6.45, 7) is 0. The summed E-state index contributed by atoms with van der Waals surface area (Å²) in [6, 6.07) is 5.97. The fourth-order valence-electron chi connectivity index (χ4n) is 1.91. The Balaban J connectivity index is 2.26. The molecule has 0 aromatic heterocycles. The van der Waals surface area contributed by atoms with Gasteiger partial charge in [-0.3, -0.25) is 4.99 Å². The molecule has 88 valence electrons. The largest absolute Gasteiger partial charge is 0.393 e. The maximum absolute atomic E-state index is 13.1. The molecule has 3 nitrogen and oxygen atoms in total. The van der Waals surface area contributed by atoms with Gasteiger partial charge in [0.1, 0.15) is 11.9 Å². The number of benzene rings is 1. The third-order valence-electron chi connectivity index (χ3n) is 2.89. The van der Waals surface area contributed by atoms with E-state index in [2.05, 4.69) is 4.99 Å². The van der Waals surface area contributed by atoms with Crippen molar-refractivity contribution in [2.75, 3.05) is 0 Å². The predicted octanol–water partition coefficient (Wildman–Crippen LogP) is 2.70. The standard InChI is InChI=1S/C13H13FN2O/c14-10-2-1-9(8-15)13(7-10)16-11-3-5-12(17)6-4-11/h1-2,7,12,17H,3-6H2. The van der Waals surface area contributed by atoms with Crippen LogP contribution in [0.15, 0.2) is 23.2 Å². The van der Waals surface area contributed by atoms with E-state index in [9.17, 15) is 9.50 Å². The van der Waals surface area contributed by atoms with Gasteiger partial charge in [0.15, 0.2) is 0 Å². The molecule has 1 aromatic rings. The molecule has 0 spiro atoms. The van der Waals surface area contributed by atoms with Crippen LogP contribution in [0.1, 0.15) is 31.2 Å². The number of aliphatic hydroxyl groups is 1. The molecule has 1 fully saturated rings. The summed E-state index contributed by atoms with van der Waals surface area (Å²) < 4.78 is 13.1. The summed E-state index contributed by atoms with van der Waals surface area (Å²) in [4.78, 5) is 4.33. The number of hydrogen-bond acceptors (Lipinski definition) is 3. The normalized spacial score (nSPS) is 19.8. The van der Waals surface area contributed by atoms with Gasteiger partial charge < -0.3 is 5.11 Å². The summed E-state index contributed by atoms with van der Waals surface area (Å²) in [5.74, 6) is -0.390. The first-order chi connectivity index (χ1) is 8.19. The SMILES string of the molecule is N#Cc1ccc(F)cc1N=C1CCC(O)CC1. The van der Waals surface area contributed by atoms with Gasteiger partial charge in [0.25, 0.3) is 0 Å². The minimum absolute atomic E-state index is 0.253. The van der Waals surface area contributed by atoms with Crippen LogP contribution in [0.25, 0.3) is 0 Å². The van der Waals surface area contributed by atoms with Crippen molar-refractivity contribution in [3.63, 3.8) is 0 Å². The zero-order chi connectivity index (χ0) is 12.3. The van der Waals surface area contributed by atoms with Gasteiger partial charge in [-0.05, 0) is 37.8 Å². The van der Waals surface area contributed by atoms with Crippen molar-refractivity contribution < 1.29 is 9.50 Å². The molecule has 1 aromatic carbocycles. The lowest BCUT2D eigenvalue weighted by molar-refractivity contribution is 0.152. The highest BCUT2D eigenvalue weighted by Crippen LogP contribution is 2.24. The number of nitrogens with zero attached hydrogens (tertiary/aromatic N) is 2. The predicted molar refractivity (Wildman–Crippen MR) is 62.7 cm³/mol. The van der Waals surface area contributed by atoms with E-state index in [1.165, 1.54) is 18.2 Å². The number of aliphatic imine (C=N–C) groups is 1. The van der Waals surface area contributed by atoms with Crippen molar-refractivity contribution in [2.24, 2.45) is 4.99 Å². The average Bonchev–Trinajstić information content (AvgIpc) is 2.32. The molecule has 0 saturated heterocycles. The molecule has 2 rings (SSSR count). The number of aliphatic hydroxyl groups excluding tert-OH is 1. The third-order valence-corrected chi connectivity index (χ3v) is 2.89. The zero-order valence-corrected chi connectivity index (χ0v) is 9.36. The summed E-state index contributed by atoms with van der Waals surface area (Å²) in [6.07, 6.45) is 2.55. The van der Waals surface area contributed by atoms with Crippen molar-refractivity contribution in [1.82, 2.24) is 0 Å². The Labute approximate surface area is 99.2 Å². The summed E-state index contributed by atoms with van der Waals surface area (Å²) >= 11 is 0. The van der Waals surface area contributed by atoms with Crippen molar-refractivity contribution >= 4 is 11.4 Å². The monoisotopic (exact) mass is 232 g/mol. The molecule has 0 radical (unpaired) electrons. The highest BCUT2D eigenvalue weighted by atomic mass is 19.1. The van der Waals surface area contributed by atoms with Gasteiger partial charge in [-0.15, -0.1) is 0 Å². The molecule has 0 heterocycles. The van der Waals surface area contributed by atoms with Gasteiger partial charge >= 0.3 is 0 Å². The first-order valence-corrected chi connectivity index (χ1v) is 5.63. The van der Waals surface area contributed by atoms with Crippen molar-refractivity contribution in [3.8, 4) is 6.07 Å². The Morgan fingerprint density at radius 3 is 2.71 bits per heavy atom. The van der Waals surface area contributed by atoms with E-state index in [0.29, 0.717) is 36.9 Å². The van der Waals surface area contributed by atoms with Crippen LogP contribution in [0.3, 0.4) is 0 Å². The molecular formula is C13H13FN2O. The van der Waals surface area contributed by atoms with E-state index in [1.807, 2.05) is 6.07 Å². The van der Waals surface area contributed by atoms with E-state index in [0.717, 1.165) is 5.71 Å². The van der Waals surface area contributed by atoms with E-state index < -0.39 is 0 Å². The Bertz CT molecular complexity index is 481. The van der Waals surface area contributed by atoms with E-state index in [4.69, 9.17) is 5.26 Å². The molecule has 1 saturated carbocycles. The van der Waals surface area contributed by atoms with Gasteiger partial charge in [-0.1, -0.05) is 0 Å². The minimum atomic E-state index is -0.390. The van der Waals surface area contributed by atoms with Crippen LogP contribution in [-0.2, 0) is 0 Å². The molecule has 0 unspecified atom stereocenters. The van der Waals surface area contributed by atoms with Gasteiger partial charge in [0.2, 0.25) is 0 Å². The highest BCUT2D eigenvalue weighted by molar-refractivity contribution is 5.88. The third kappa shape index (κ3) is 2.89. The average molecular weight is 232 g/mol. The lowest BCUT2D eigenvalue weighted by atomic mass is 9.96. The maximum Gasteiger partial charge on any atom is 0.125 e. The summed E-state index contributed by atoms with van der Waals surface area (Å²) in [5.41, 5.74) is 1.70. The second kappa shape index (κ2) is 5.07. The lowest BCUT2D eigenvalue weighted by Crippen LogP contribution is -2.17. The Hall–Kier alpha value is -1.73. The highest BCUT2D eigenvalue weighted by Gasteiger charge is 2.15. The van der Waals surface area contributed by atoms with E-state index in [1.54, 1.807) is 0 Å². The Kier molecular flexibility index (Phi) is 3.50. The van der Waals surface area contributed by atoms with Crippen LogP contribution >= 0.6 is 0 Å². The first kappa shape index (κ1) is 11.7. The van der Waals surface area contributed by atoms with Gasteiger partial charge in [-0.25, -0.2) is 4.39 Å². The second-order valence-electron chi connectivity index (χ2n) is 4.18. The first-order valence-electron chi connectivity index (χ1n) is 5.63. The van der Waals surface area contributed by atoms with Gasteiger partial charge in [-0.2, -0.15) is 5.26 Å². The van der Waals surface area contributed by atoms with Crippen molar-refractivity contribution in [3.05, 3.63) is 29.6 Å². The van der Waals surface area contributed by atoms with Crippen LogP contribution in [0.4, 0.5) is 10.1 Å². The summed E-state index contributed by atoms with van der Waals surface area (Å²) in [7, 11) is 0. The molecular weight excluding hydrogens is 219 g/mol. The van der Waals surface area contributed by atoms with E-state index >= 15 is 0 Å². The van der Waals surface area contributed by atoms with Crippen LogP contribution in [0, 0.1) is 17.1 Å². The lowest BCUT2D eigenvalue weighted by Gasteiger charge is -2.18. The molecule has 1 aliphatic carbocycles. The molecule has 4 heteroatoms. The Morgan fingerprint density at radius 1 is 1.35 bits per heavy atom. The molecule has 0 amide bonds. The van der Waals surface area contributed by atoms with E-state index in [-0.39, 0.29) is 11.9 Å². The summed E-state index contributed by atoms with van der Waals surface area (Å²) in [5, 5.41) is 18.3. The molecule has 0 aliphatic heterocycles. The van der Waals surface area contributed by atoms with Crippen molar-refractivity contribution in [1.29, 1.82) is 5.26 Å². The van der Waals surface area contributed by atoms with Crippen LogP contribution < -0.4 is 0 Å². The molecule has 0 atom stereocenters. The molecule has 1 aliphatic rings. The molecule has 17 heavy (non-hydrogen) atoms. The van der Waals surface area contributed by atoms with Gasteiger partial charge in [0, 0.05) is 11.8 Å². The molecule has 0 bridgehead atoms. The smallest absolute Gasteiger partial charge is 0.125 e. The number of hydrogen-bond donors (Lipinski definition) is 1. The van der Waals surface area contributed by atoms with Crippen molar-refractivity contribution in [2.45, 2.75) is 31.8 Å². The van der Waals surface area contributed by atoms with Gasteiger partial charge in [0.05, 0.1) is 17.4 Å². The number of halogens is 1. The van der Waals surface area contributed by atoms with Crippen LogP contribution in [0.5, 0.6) is 0 Å². The maximum atomic E-state index is 13.1.